The van der Waals surface area contributed by atoms with E-state index in [0.717, 1.165) is 16.2 Å². The normalized spacial score (nSPS) is 26.6. The average molecular weight is 1330 g/mol. The van der Waals surface area contributed by atoms with Crippen LogP contribution in [0.1, 0.15) is 176 Å². The Kier molecular flexibility index (Phi) is 36.3. The fourth-order valence-corrected chi connectivity index (χ4v) is 11.7. The van der Waals surface area contributed by atoms with Crippen molar-refractivity contribution < 1.29 is 62.6 Å². The molecular formula is C69H126N12O13. The predicted molar refractivity (Wildman–Crippen MR) is 366 cm³/mol. The van der Waals surface area contributed by atoms with E-state index < -0.39 is 155 Å². The third-order valence-corrected chi connectivity index (χ3v) is 18.1. The lowest BCUT2D eigenvalue weighted by Gasteiger charge is -2.48. The van der Waals surface area contributed by atoms with Gasteiger partial charge < -0.3 is 70.7 Å². The van der Waals surface area contributed by atoms with Gasteiger partial charge in [-0.2, -0.15) is 0 Å². The maximum atomic E-state index is 16.1. The van der Waals surface area contributed by atoms with Gasteiger partial charge in [0.2, 0.25) is 64.8 Å². The molecule has 94 heavy (non-hydrogen) atoms. The molecule has 0 spiro atoms. The number of likely N-dealkylation sites (N-methyl/N-ethyl adjacent to an activating group) is 7. The Morgan fingerprint density at radius 2 is 1.03 bits per heavy atom. The molecule has 1 rings (SSSR count). The quantitative estimate of drug-likeness (QED) is 0.0653. The number of aliphatic hydroxyl groups is 1. The topological polar surface area (TPSA) is 300 Å². The zero-order valence-electron chi connectivity index (χ0n) is 62.3. The molecule has 0 aromatic heterocycles. The van der Waals surface area contributed by atoms with Gasteiger partial charge in [-0.1, -0.05) is 129 Å². The minimum absolute atomic E-state index is 0.0108. The Bertz CT molecular complexity index is 2550. The summed E-state index contributed by atoms with van der Waals surface area (Å²) in [6.07, 6.45) is 3.64. The van der Waals surface area contributed by atoms with Crippen LogP contribution in [0.4, 0.5) is 0 Å². The first-order chi connectivity index (χ1) is 43.5. The molecule has 1 unspecified atom stereocenters. The number of hydrogen-bond acceptors (Lipinski definition) is 14. The van der Waals surface area contributed by atoms with Gasteiger partial charge in [-0.25, -0.2) is 0 Å². The van der Waals surface area contributed by atoms with Gasteiger partial charge in [0, 0.05) is 61.8 Å². The summed E-state index contributed by atoms with van der Waals surface area (Å²) in [5, 5.41) is 26.9. The van der Waals surface area contributed by atoms with E-state index in [1.54, 1.807) is 60.6 Å². The van der Waals surface area contributed by atoms with Crippen LogP contribution < -0.4 is 26.6 Å². The Morgan fingerprint density at radius 1 is 0.564 bits per heavy atom. The number of rotatable bonds is 22. The van der Waals surface area contributed by atoms with E-state index in [4.69, 9.17) is 4.74 Å². The summed E-state index contributed by atoms with van der Waals surface area (Å²) in [4.78, 5) is 172. The van der Waals surface area contributed by atoms with Crippen molar-refractivity contribution >= 4 is 65.0 Å². The highest BCUT2D eigenvalue weighted by atomic mass is 16.5. The van der Waals surface area contributed by atoms with Crippen molar-refractivity contribution in [1.82, 2.24) is 60.9 Å². The van der Waals surface area contributed by atoms with Crippen LogP contribution in [0.15, 0.2) is 12.2 Å². The number of aliphatic hydroxyl groups excluding tert-OH is 1. The van der Waals surface area contributed by atoms with Crippen LogP contribution >= 0.6 is 0 Å². The number of nitrogens with zero attached hydrogens (tertiary/aromatic N) is 7. The van der Waals surface area contributed by atoms with Crippen molar-refractivity contribution in [3.8, 4) is 0 Å². The van der Waals surface area contributed by atoms with Crippen molar-refractivity contribution in [3.63, 3.8) is 0 Å². The van der Waals surface area contributed by atoms with Gasteiger partial charge in [0.05, 0.1) is 19.3 Å². The molecule has 0 saturated carbocycles. The molecule has 1 heterocycles. The smallest absolute Gasteiger partial charge is 0.276 e. The molecule has 540 valence electrons. The first-order valence-corrected chi connectivity index (χ1v) is 34.2. The number of ether oxygens (including phenoxy) is 1. The lowest BCUT2D eigenvalue weighted by atomic mass is 9.89. The highest BCUT2D eigenvalue weighted by Gasteiger charge is 2.55. The first kappa shape index (κ1) is 85.8. The molecule has 1 aliphatic rings. The highest BCUT2D eigenvalue weighted by molar-refractivity contribution is 6.00. The molecule has 0 bridgehead atoms. The summed E-state index contributed by atoms with van der Waals surface area (Å²) in [5.41, 5.74) is -2.24. The third kappa shape index (κ3) is 23.9. The Balaban J connectivity index is 4.59. The number of carbonyl (C=O) groups is 11. The molecule has 1 saturated heterocycles. The van der Waals surface area contributed by atoms with Crippen LogP contribution in [-0.2, 0) is 57.5 Å². The molecule has 6 N–H and O–H groups in total. The third-order valence-electron chi connectivity index (χ3n) is 18.1. The molecule has 25 heteroatoms. The minimum Gasteiger partial charge on any atom is -0.390 e. The average Bonchev–Trinajstić information content (AvgIpc) is 0.758. The van der Waals surface area contributed by atoms with Gasteiger partial charge >= 0.3 is 0 Å². The summed E-state index contributed by atoms with van der Waals surface area (Å²) in [6.45, 7) is 34.1. The van der Waals surface area contributed by atoms with Crippen LogP contribution in [0.3, 0.4) is 0 Å². The summed E-state index contributed by atoms with van der Waals surface area (Å²) in [5.74, 6) is -10.4. The molecule has 0 aliphatic carbocycles. The minimum atomic E-state index is -2.24. The number of hydrogen-bond donors (Lipinski definition) is 6. The number of carbonyl (C=O) groups excluding carboxylic acids is 11. The predicted octanol–water partition coefficient (Wildman–Crippen LogP) is 4.25. The van der Waals surface area contributed by atoms with Gasteiger partial charge in [0.25, 0.3) is 5.91 Å². The van der Waals surface area contributed by atoms with E-state index in [-0.39, 0.29) is 75.3 Å². The van der Waals surface area contributed by atoms with Crippen molar-refractivity contribution in [2.24, 2.45) is 47.3 Å². The van der Waals surface area contributed by atoms with Crippen molar-refractivity contribution in [1.29, 1.82) is 0 Å². The van der Waals surface area contributed by atoms with Crippen molar-refractivity contribution in [3.05, 3.63) is 12.2 Å². The maximum absolute atomic E-state index is 16.1. The molecule has 11 amide bonds. The standard InChI is InChI=1S/C69H126N12O13/c1-27-30-31-47(17)58(83)57-62(87)73-50(29-3)64(89)75(20)39-55(82)76(21)51(34-40(4)5)61(86)74-56(44(12)13)67(92)77(22)52(35-41(6)7)60(85)71-48(18)59(84)72-49(19)63(88)78(23)53(36-42(8)9)65(90)79(24)54(37-43(10)11)66(91)81(26)69(45(14)15,68(93)80(57)25)94-33-32-70-38-46(16)28-2/h27,30,40-54,56-58,70,83H,28-29,31-39H2,1-26H3,(H,71,85)(H,72,84)(H,73,87)(H,74,86)/b30-27+/t46?,47-,48+,49-,50+,51+,52+,53+,54+,56+,57+,58-,69+/m1/s1. The molecular weight excluding hydrogens is 1200 g/mol. The Morgan fingerprint density at radius 3 is 1.51 bits per heavy atom. The van der Waals surface area contributed by atoms with E-state index in [9.17, 15) is 38.7 Å². The second-order valence-corrected chi connectivity index (χ2v) is 28.7. The van der Waals surface area contributed by atoms with Crippen LogP contribution in [0.25, 0.3) is 0 Å². The maximum Gasteiger partial charge on any atom is 0.276 e. The van der Waals surface area contributed by atoms with Gasteiger partial charge in [-0.3, -0.25) is 52.7 Å². The van der Waals surface area contributed by atoms with Crippen molar-refractivity contribution in [2.75, 3.05) is 75.6 Å². The molecule has 13 atom stereocenters. The molecule has 25 nitrogen and oxygen atoms in total. The summed E-state index contributed by atoms with van der Waals surface area (Å²) >= 11 is 0. The second-order valence-electron chi connectivity index (χ2n) is 28.7. The van der Waals surface area contributed by atoms with Crippen LogP contribution in [0.5, 0.6) is 0 Å². The first-order valence-electron chi connectivity index (χ1n) is 34.2. The summed E-state index contributed by atoms with van der Waals surface area (Å²) < 4.78 is 6.79. The number of amides is 11. The lowest BCUT2D eigenvalue weighted by molar-refractivity contribution is -0.208. The van der Waals surface area contributed by atoms with E-state index in [0.29, 0.717) is 12.5 Å². The Labute approximate surface area is 564 Å². The largest absolute Gasteiger partial charge is 0.390 e. The zero-order valence-corrected chi connectivity index (χ0v) is 62.3. The van der Waals surface area contributed by atoms with E-state index in [1.165, 1.54) is 87.7 Å². The monoisotopic (exact) mass is 1330 g/mol. The van der Waals surface area contributed by atoms with Crippen LogP contribution in [0.2, 0.25) is 0 Å². The molecule has 1 fully saturated rings. The SMILES string of the molecule is C/C=C/C[C@@H](C)[C@@H](O)[C@H]1C(=O)N[C@@H](CC)C(=O)N(C)CC(=O)N(C)[C@@H](CC(C)C)C(=O)N[C@@H](C(C)C)C(=O)N(C)[C@@H](CC(C)C)C(=O)N[C@@H](C)C(=O)N[C@H](C)C(=O)N(C)[C@@H](CC(C)C)C(=O)N(C)[C@@H](CC(C)C)C(=O)N(C)[C@](OCCNCC(C)CC)(C(C)C)C(=O)N1C. The van der Waals surface area contributed by atoms with Gasteiger partial charge in [-0.05, 0) is 107 Å². The van der Waals surface area contributed by atoms with E-state index in [1.807, 2.05) is 55.4 Å². The Hall–Kier alpha value is -6.21. The van der Waals surface area contributed by atoms with Crippen LogP contribution in [0, 0.1) is 47.3 Å². The zero-order chi connectivity index (χ0) is 72.7. The number of allylic oxidation sites excluding steroid dienone is 2. The fraction of sp³-hybridized carbons (Fsp3) is 0.812. The summed E-state index contributed by atoms with van der Waals surface area (Å²) in [7, 11) is 9.84. The molecule has 1 aliphatic heterocycles. The fourth-order valence-electron chi connectivity index (χ4n) is 11.7. The van der Waals surface area contributed by atoms with Gasteiger partial charge in [0.15, 0.2) is 0 Å². The van der Waals surface area contributed by atoms with Crippen LogP contribution in [-0.4, -0.2) is 246 Å². The number of nitrogens with one attached hydrogen (secondary N) is 5. The second kappa shape index (κ2) is 39.7. The van der Waals surface area contributed by atoms with E-state index in [2.05, 4.69) is 40.4 Å². The lowest BCUT2D eigenvalue weighted by Crippen LogP contribution is -2.70. The van der Waals surface area contributed by atoms with Gasteiger partial charge in [0.1, 0.15) is 54.4 Å². The van der Waals surface area contributed by atoms with Gasteiger partial charge in [-0.15, -0.1) is 0 Å². The van der Waals surface area contributed by atoms with Crippen molar-refractivity contribution in [2.45, 2.75) is 243 Å². The molecule has 0 radical (unpaired) electrons. The molecule has 0 aromatic rings. The molecule has 0 aromatic carbocycles. The highest BCUT2D eigenvalue weighted by Crippen LogP contribution is 2.33. The summed E-state index contributed by atoms with van der Waals surface area (Å²) in [6, 6.07) is -11.5. The van der Waals surface area contributed by atoms with E-state index >= 15 is 19.2 Å².